The van der Waals surface area contributed by atoms with E-state index in [0.717, 1.165) is 11.4 Å². The molecule has 0 fully saturated rings. The highest BCUT2D eigenvalue weighted by Gasteiger charge is 2.01. The standard InChI is InChI=1S/C16H20N4/c1-12(2)13-6-5-8-14(10-13)20-16(17)19-11-15-7-3-4-9-18-15/h3-10,12H,11H2,1-2H3,(H3,17,19,20). The Morgan fingerprint density at radius 3 is 2.80 bits per heavy atom. The van der Waals surface area contributed by atoms with E-state index in [1.807, 2.05) is 30.3 Å². The van der Waals surface area contributed by atoms with Crippen LogP contribution in [0.15, 0.2) is 53.7 Å². The summed E-state index contributed by atoms with van der Waals surface area (Å²) >= 11 is 0. The third kappa shape index (κ3) is 4.09. The molecule has 4 heteroatoms. The molecule has 0 aliphatic carbocycles. The Hall–Kier alpha value is -2.36. The molecule has 0 bridgehead atoms. The van der Waals surface area contributed by atoms with E-state index in [1.54, 1.807) is 6.20 Å². The molecule has 1 aromatic heterocycles. The number of hydrogen-bond acceptors (Lipinski definition) is 2. The van der Waals surface area contributed by atoms with Crippen LogP contribution in [-0.2, 0) is 6.54 Å². The first-order valence-electron chi connectivity index (χ1n) is 6.72. The van der Waals surface area contributed by atoms with Gasteiger partial charge in [-0.15, -0.1) is 0 Å². The molecule has 104 valence electrons. The number of nitrogens with two attached hydrogens (primary N) is 1. The molecule has 0 saturated heterocycles. The zero-order valence-corrected chi connectivity index (χ0v) is 11.9. The van der Waals surface area contributed by atoms with E-state index in [1.165, 1.54) is 5.56 Å². The molecule has 1 aromatic carbocycles. The molecule has 1 heterocycles. The van der Waals surface area contributed by atoms with Crippen molar-refractivity contribution in [3.05, 3.63) is 59.9 Å². The molecule has 0 aliphatic heterocycles. The lowest BCUT2D eigenvalue weighted by atomic mass is 10.0. The summed E-state index contributed by atoms with van der Waals surface area (Å²) in [6.07, 6.45) is 1.75. The van der Waals surface area contributed by atoms with Gasteiger partial charge >= 0.3 is 0 Å². The lowest BCUT2D eigenvalue weighted by Gasteiger charge is -2.09. The van der Waals surface area contributed by atoms with Crippen molar-refractivity contribution in [2.24, 2.45) is 10.7 Å². The van der Waals surface area contributed by atoms with Gasteiger partial charge in [0.25, 0.3) is 0 Å². The number of hydrogen-bond donors (Lipinski definition) is 2. The summed E-state index contributed by atoms with van der Waals surface area (Å²) < 4.78 is 0. The first kappa shape index (κ1) is 14.1. The monoisotopic (exact) mass is 268 g/mol. The van der Waals surface area contributed by atoms with Crippen LogP contribution in [0.1, 0.15) is 31.0 Å². The topological polar surface area (TPSA) is 63.3 Å². The highest BCUT2D eigenvalue weighted by molar-refractivity contribution is 5.92. The number of benzene rings is 1. The van der Waals surface area contributed by atoms with Crippen molar-refractivity contribution < 1.29 is 0 Å². The molecule has 20 heavy (non-hydrogen) atoms. The van der Waals surface area contributed by atoms with E-state index in [2.05, 4.69) is 41.3 Å². The quantitative estimate of drug-likeness (QED) is 0.661. The van der Waals surface area contributed by atoms with E-state index in [0.29, 0.717) is 18.4 Å². The molecule has 0 radical (unpaired) electrons. The lowest BCUT2D eigenvalue weighted by molar-refractivity contribution is 0.867. The van der Waals surface area contributed by atoms with Gasteiger partial charge in [0.15, 0.2) is 5.96 Å². The van der Waals surface area contributed by atoms with E-state index >= 15 is 0 Å². The smallest absolute Gasteiger partial charge is 0.193 e. The van der Waals surface area contributed by atoms with Crippen LogP contribution in [0.3, 0.4) is 0 Å². The molecule has 0 atom stereocenters. The summed E-state index contributed by atoms with van der Waals surface area (Å²) in [4.78, 5) is 8.49. The number of aromatic nitrogens is 1. The number of anilines is 1. The Balaban J connectivity index is 2.00. The van der Waals surface area contributed by atoms with Crippen LogP contribution in [-0.4, -0.2) is 10.9 Å². The van der Waals surface area contributed by atoms with Crippen molar-refractivity contribution >= 4 is 11.6 Å². The van der Waals surface area contributed by atoms with Crippen molar-refractivity contribution in [2.75, 3.05) is 5.32 Å². The molecule has 0 aliphatic rings. The third-order valence-corrected chi connectivity index (χ3v) is 2.96. The number of pyridine rings is 1. The normalized spacial score (nSPS) is 11.7. The van der Waals surface area contributed by atoms with Crippen LogP contribution in [0.25, 0.3) is 0 Å². The SMILES string of the molecule is CC(C)c1cccc(NC(N)=NCc2ccccn2)c1. The van der Waals surface area contributed by atoms with E-state index in [4.69, 9.17) is 5.73 Å². The summed E-state index contributed by atoms with van der Waals surface area (Å²) in [5, 5.41) is 3.11. The van der Waals surface area contributed by atoms with Crippen molar-refractivity contribution in [2.45, 2.75) is 26.3 Å². The molecule has 2 aromatic rings. The van der Waals surface area contributed by atoms with Gasteiger partial charge in [0.2, 0.25) is 0 Å². The molecule has 3 N–H and O–H groups in total. The summed E-state index contributed by atoms with van der Waals surface area (Å²) in [5.74, 6) is 0.889. The van der Waals surface area contributed by atoms with Crippen LogP contribution < -0.4 is 11.1 Å². The van der Waals surface area contributed by atoms with Crippen LogP contribution >= 0.6 is 0 Å². The first-order chi connectivity index (χ1) is 9.65. The van der Waals surface area contributed by atoms with Crippen molar-refractivity contribution in [1.82, 2.24) is 4.98 Å². The Bertz CT molecular complexity index is 576. The van der Waals surface area contributed by atoms with Gasteiger partial charge in [-0.2, -0.15) is 0 Å². The molecule has 0 unspecified atom stereocenters. The van der Waals surface area contributed by atoms with Crippen LogP contribution in [0.2, 0.25) is 0 Å². The van der Waals surface area contributed by atoms with Gasteiger partial charge in [-0.3, -0.25) is 4.98 Å². The molecule has 2 rings (SSSR count). The Morgan fingerprint density at radius 2 is 2.10 bits per heavy atom. The molecular weight excluding hydrogens is 248 g/mol. The van der Waals surface area contributed by atoms with E-state index in [9.17, 15) is 0 Å². The second-order valence-electron chi connectivity index (χ2n) is 4.93. The summed E-state index contributed by atoms with van der Waals surface area (Å²) in [5.41, 5.74) is 9.02. The highest BCUT2D eigenvalue weighted by Crippen LogP contribution is 2.18. The highest BCUT2D eigenvalue weighted by atomic mass is 15.1. The first-order valence-corrected chi connectivity index (χ1v) is 6.72. The molecule has 0 amide bonds. The minimum Gasteiger partial charge on any atom is -0.370 e. The Labute approximate surface area is 119 Å². The van der Waals surface area contributed by atoms with Crippen molar-refractivity contribution in [1.29, 1.82) is 0 Å². The average molecular weight is 268 g/mol. The van der Waals surface area contributed by atoms with Gasteiger partial charge in [-0.05, 0) is 35.7 Å². The Morgan fingerprint density at radius 1 is 1.25 bits per heavy atom. The second-order valence-corrected chi connectivity index (χ2v) is 4.93. The summed E-state index contributed by atoms with van der Waals surface area (Å²) in [7, 11) is 0. The van der Waals surface area contributed by atoms with Crippen LogP contribution in [0.5, 0.6) is 0 Å². The maximum Gasteiger partial charge on any atom is 0.193 e. The van der Waals surface area contributed by atoms with Crippen LogP contribution in [0, 0.1) is 0 Å². The number of nitrogens with one attached hydrogen (secondary N) is 1. The number of nitrogens with zero attached hydrogens (tertiary/aromatic N) is 2. The fourth-order valence-corrected chi connectivity index (χ4v) is 1.82. The molecule has 4 nitrogen and oxygen atoms in total. The fraction of sp³-hybridized carbons (Fsp3) is 0.250. The predicted octanol–water partition coefficient (Wildman–Crippen LogP) is 3.13. The van der Waals surface area contributed by atoms with Gasteiger partial charge in [0.05, 0.1) is 12.2 Å². The molecule has 0 saturated carbocycles. The van der Waals surface area contributed by atoms with Gasteiger partial charge in [-0.25, -0.2) is 4.99 Å². The second kappa shape index (κ2) is 6.70. The van der Waals surface area contributed by atoms with Crippen LogP contribution in [0.4, 0.5) is 5.69 Å². The molecule has 0 spiro atoms. The maximum absolute atomic E-state index is 5.89. The number of guanidine groups is 1. The fourth-order valence-electron chi connectivity index (χ4n) is 1.82. The van der Waals surface area contributed by atoms with Gasteiger partial charge in [0.1, 0.15) is 0 Å². The summed E-state index contributed by atoms with van der Waals surface area (Å²) in [6.45, 7) is 4.80. The van der Waals surface area contributed by atoms with Gasteiger partial charge in [0, 0.05) is 11.9 Å². The van der Waals surface area contributed by atoms with Gasteiger partial charge < -0.3 is 11.1 Å². The lowest BCUT2D eigenvalue weighted by Crippen LogP contribution is -2.22. The van der Waals surface area contributed by atoms with Crippen molar-refractivity contribution in [3.63, 3.8) is 0 Å². The van der Waals surface area contributed by atoms with Gasteiger partial charge in [-0.1, -0.05) is 32.0 Å². The van der Waals surface area contributed by atoms with E-state index < -0.39 is 0 Å². The number of aliphatic imine (C=N–C) groups is 1. The van der Waals surface area contributed by atoms with E-state index in [-0.39, 0.29) is 0 Å². The minimum atomic E-state index is 0.400. The largest absolute Gasteiger partial charge is 0.370 e. The Kier molecular flexibility index (Phi) is 4.71. The third-order valence-electron chi connectivity index (χ3n) is 2.96. The van der Waals surface area contributed by atoms with Crippen molar-refractivity contribution in [3.8, 4) is 0 Å². The molecular formula is C16H20N4. The number of rotatable bonds is 4. The zero-order chi connectivity index (χ0) is 14.4. The predicted molar refractivity (Wildman–Crippen MR) is 83.7 cm³/mol. The zero-order valence-electron chi connectivity index (χ0n) is 11.9. The maximum atomic E-state index is 5.89. The minimum absolute atomic E-state index is 0.400. The summed E-state index contributed by atoms with van der Waals surface area (Å²) in [6, 6.07) is 13.9. The average Bonchev–Trinajstić information content (AvgIpc) is 2.46.